The van der Waals surface area contributed by atoms with E-state index in [1.165, 1.54) is 4.88 Å². The van der Waals surface area contributed by atoms with E-state index in [0.29, 0.717) is 17.2 Å². The molecule has 23 heavy (non-hydrogen) atoms. The van der Waals surface area contributed by atoms with Gasteiger partial charge in [-0.15, -0.1) is 11.3 Å². The van der Waals surface area contributed by atoms with Crippen molar-refractivity contribution in [3.8, 4) is 0 Å². The highest BCUT2D eigenvalue weighted by molar-refractivity contribution is 9.11. The fraction of sp³-hybridized carbons (Fsp3) is 0.235. The van der Waals surface area contributed by atoms with Crippen molar-refractivity contribution in [3.05, 3.63) is 65.6 Å². The van der Waals surface area contributed by atoms with E-state index in [2.05, 4.69) is 26.9 Å². The van der Waals surface area contributed by atoms with Gasteiger partial charge in [0.05, 0.1) is 3.79 Å². The molecule has 0 aliphatic heterocycles. The maximum Gasteiger partial charge on any atom is 0.336 e. The zero-order valence-corrected chi connectivity index (χ0v) is 15.9. The first-order chi connectivity index (χ1) is 10.9. The minimum atomic E-state index is -0.332. The van der Waals surface area contributed by atoms with Crippen LogP contribution in [0.5, 0.6) is 0 Å². The smallest absolute Gasteiger partial charge is 0.336 e. The third-order valence-corrected chi connectivity index (χ3v) is 5.62. The van der Waals surface area contributed by atoms with Crippen molar-refractivity contribution < 1.29 is 4.42 Å². The Kier molecular flexibility index (Phi) is 4.92. The molecule has 0 aliphatic carbocycles. The van der Waals surface area contributed by atoms with Gasteiger partial charge in [0, 0.05) is 34.4 Å². The molecule has 0 spiro atoms. The second-order valence-corrected chi connectivity index (χ2v) is 8.52. The Hall–Kier alpha value is -1.14. The lowest BCUT2D eigenvalue weighted by Crippen LogP contribution is -2.18. The summed E-state index contributed by atoms with van der Waals surface area (Å²) in [6.07, 6.45) is 0. The summed E-state index contributed by atoms with van der Waals surface area (Å²) in [6, 6.07) is 9.39. The topological polar surface area (TPSA) is 33.5 Å². The molecule has 0 atom stereocenters. The molecular formula is C17H15BrClNO2S. The van der Waals surface area contributed by atoms with Crippen molar-refractivity contribution in [1.29, 1.82) is 0 Å². The van der Waals surface area contributed by atoms with Crippen LogP contribution in [0.25, 0.3) is 11.0 Å². The summed E-state index contributed by atoms with van der Waals surface area (Å²) in [5, 5.41) is 1.57. The van der Waals surface area contributed by atoms with Gasteiger partial charge in [-0.2, -0.15) is 0 Å². The first kappa shape index (κ1) is 16.7. The molecule has 0 N–H and O–H groups in total. The van der Waals surface area contributed by atoms with Crippen molar-refractivity contribution in [1.82, 2.24) is 4.90 Å². The van der Waals surface area contributed by atoms with E-state index in [9.17, 15) is 4.79 Å². The van der Waals surface area contributed by atoms with Crippen LogP contribution in [0.1, 0.15) is 16.0 Å². The average Bonchev–Trinajstić information content (AvgIpc) is 2.86. The van der Waals surface area contributed by atoms with Crippen LogP contribution >= 0.6 is 38.9 Å². The molecule has 120 valence electrons. The summed E-state index contributed by atoms with van der Waals surface area (Å²) in [6.45, 7) is 3.36. The molecule has 3 rings (SSSR count). The molecule has 0 amide bonds. The van der Waals surface area contributed by atoms with E-state index in [1.807, 2.05) is 32.2 Å². The van der Waals surface area contributed by atoms with E-state index >= 15 is 0 Å². The van der Waals surface area contributed by atoms with E-state index < -0.39 is 0 Å². The van der Waals surface area contributed by atoms with Crippen molar-refractivity contribution in [3.63, 3.8) is 0 Å². The molecule has 1 aromatic carbocycles. The van der Waals surface area contributed by atoms with E-state index in [1.54, 1.807) is 17.4 Å². The zero-order valence-electron chi connectivity index (χ0n) is 12.7. The van der Waals surface area contributed by atoms with Gasteiger partial charge in [0.25, 0.3) is 0 Å². The van der Waals surface area contributed by atoms with Crippen LogP contribution in [0.4, 0.5) is 0 Å². The van der Waals surface area contributed by atoms with Gasteiger partial charge in [0.2, 0.25) is 0 Å². The number of rotatable bonds is 4. The highest BCUT2D eigenvalue weighted by Gasteiger charge is 2.11. The Morgan fingerprint density at radius 2 is 2.04 bits per heavy atom. The molecular weight excluding hydrogens is 398 g/mol. The van der Waals surface area contributed by atoms with Crippen LogP contribution in [0, 0.1) is 6.92 Å². The van der Waals surface area contributed by atoms with Gasteiger partial charge in [-0.05, 0) is 65.3 Å². The zero-order chi connectivity index (χ0) is 16.6. The lowest BCUT2D eigenvalue weighted by molar-refractivity contribution is 0.322. The molecule has 0 saturated heterocycles. The Bertz CT molecular complexity index is 919. The molecule has 0 bridgehead atoms. The predicted molar refractivity (Wildman–Crippen MR) is 99.4 cm³/mol. The quantitative estimate of drug-likeness (QED) is 0.551. The second-order valence-electron chi connectivity index (χ2n) is 5.57. The second kappa shape index (κ2) is 6.77. The summed E-state index contributed by atoms with van der Waals surface area (Å²) in [4.78, 5) is 15.3. The normalized spacial score (nSPS) is 11.5. The number of thiophene rings is 1. The number of aryl methyl sites for hydroxylation is 1. The fourth-order valence-corrected chi connectivity index (χ4v) is 4.26. The predicted octanol–water partition coefficient (Wildman–Crippen LogP) is 5.21. The Balaban J connectivity index is 1.92. The SMILES string of the molecule is Cc1cc2oc(=O)cc(CN(C)Cc3ccc(Br)s3)c2cc1Cl. The summed E-state index contributed by atoms with van der Waals surface area (Å²) < 4.78 is 6.42. The minimum Gasteiger partial charge on any atom is -0.423 e. The molecule has 0 unspecified atom stereocenters. The van der Waals surface area contributed by atoms with Gasteiger partial charge in [0.1, 0.15) is 5.58 Å². The number of nitrogens with zero attached hydrogens (tertiary/aromatic N) is 1. The monoisotopic (exact) mass is 411 g/mol. The lowest BCUT2D eigenvalue weighted by atomic mass is 10.1. The highest BCUT2D eigenvalue weighted by Crippen LogP contribution is 2.27. The third kappa shape index (κ3) is 3.86. The molecule has 2 heterocycles. The maximum atomic E-state index is 11.8. The number of fused-ring (bicyclic) bond motifs is 1. The number of halogens is 2. The summed E-state index contributed by atoms with van der Waals surface area (Å²) in [5.74, 6) is 0. The Labute approximate surface area is 151 Å². The van der Waals surface area contributed by atoms with Crippen LogP contribution in [-0.2, 0) is 13.1 Å². The number of hydrogen-bond donors (Lipinski definition) is 0. The Morgan fingerprint density at radius 1 is 1.26 bits per heavy atom. The van der Waals surface area contributed by atoms with Crippen LogP contribution in [-0.4, -0.2) is 11.9 Å². The molecule has 3 nitrogen and oxygen atoms in total. The number of benzene rings is 1. The van der Waals surface area contributed by atoms with Crippen molar-refractivity contribution in [2.75, 3.05) is 7.05 Å². The van der Waals surface area contributed by atoms with Gasteiger partial charge in [0.15, 0.2) is 0 Å². The molecule has 2 aromatic heterocycles. The lowest BCUT2D eigenvalue weighted by Gasteiger charge is -2.17. The maximum absolute atomic E-state index is 11.8. The summed E-state index contributed by atoms with van der Waals surface area (Å²) in [5.41, 5.74) is 2.08. The van der Waals surface area contributed by atoms with Crippen LogP contribution in [0.2, 0.25) is 5.02 Å². The van der Waals surface area contributed by atoms with Crippen molar-refractivity contribution >= 4 is 49.8 Å². The summed E-state index contributed by atoms with van der Waals surface area (Å²) >= 11 is 11.4. The van der Waals surface area contributed by atoms with Gasteiger partial charge >= 0.3 is 5.63 Å². The number of hydrogen-bond acceptors (Lipinski definition) is 4. The highest BCUT2D eigenvalue weighted by atomic mass is 79.9. The fourth-order valence-electron chi connectivity index (χ4n) is 2.53. The largest absolute Gasteiger partial charge is 0.423 e. The average molecular weight is 413 g/mol. The van der Waals surface area contributed by atoms with Gasteiger partial charge < -0.3 is 4.42 Å². The first-order valence-electron chi connectivity index (χ1n) is 7.08. The van der Waals surface area contributed by atoms with Gasteiger partial charge in [-0.1, -0.05) is 11.6 Å². The van der Waals surface area contributed by atoms with Crippen molar-refractivity contribution in [2.45, 2.75) is 20.0 Å². The third-order valence-electron chi connectivity index (χ3n) is 3.60. The molecule has 6 heteroatoms. The van der Waals surface area contributed by atoms with E-state index in [0.717, 1.165) is 26.8 Å². The van der Waals surface area contributed by atoms with Crippen LogP contribution in [0.15, 0.2) is 43.3 Å². The van der Waals surface area contributed by atoms with E-state index in [4.69, 9.17) is 16.0 Å². The molecule has 0 fully saturated rings. The van der Waals surface area contributed by atoms with E-state index in [-0.39, 0.29) is 5.63 Å². The molecule has 3 aromatic rings. The minimum absolute atomic E-state index is 0.332. The molecule has 0 saturated carbocycles. The van der Waals surface area contributed by atoms with Crippen molar-refractivity contribution in [2.24, 2.45) is 0 Å². The standard InChI is InChI=1S/C17H15BrClNO2S/c1-10-5-15-13(7-14(10)19)11(6-17(21)22-15)8-20(2)9-12-3-4-16(18)23-12/h3-7H,8-9H2,1-2H3. The van der Waals surface area contributed by atoms with Gasteiger partial charge in [-0.3, -0.25) is 4.90 Å². The Morgan fingerprint density at radius 3 is 2.74 bits per heavy atom. The first-order valence-corrected chi connectivity index (χ1v) is 9.07. The van der Waals surface area contributed by atoms with Gasteiger partial charge in [-0.25, -0.2) is 4.79 Å². The molecule has 0 radical (unpaired) electrons. The van der Waals surface area contributed by atoms with Crippen LogP contribution in [0.3, 0.4) is 0 Å². The molecule has 0 aliphatic rings. The summed E-state index contributed by atoms with van der Waals surface area (Å²) in [7, 11) is 2.03. The van der Waals surface area contributed by atoms with Crippen LogP contribution < -0.4 is 5.63 Å².